The first-order valence-corrected chi connectivity index (χ1v) is 13.5. The van der Waals surface area contributed by atoms with Gasteiger partial charge < -0.3 is 18.9 Å². The van der Waals surface area contributed by atoms with Crippen molar-refractivity contribution in [2.75, 3.05) is 37.8 Å². The molecule has 1 saturated heterocycles. The molecule has 0 radical (unpaired) electrons. The molecule has 6 rings (SSSR count). The molecule has 0 aliphatic carbocycles. The summed E-state index contributed by atoms with van der Waals surface area (Å²) in [5.41, 5.74) is 2.30. The maximum absolute atomic E-state index is 14.7. The lowest BCUT2D eigenvalue weighted by Gasteiger charge is -2.29. The molecule has 1 fully saturated rings. The van der Waals surface area contributed by atoms with Gasteiger partial charge in [-0.25, -0.2) is 22.9 Å². The second kappa shape index (κ2) is 10.8. The zero-order chi connectivity index (χ0) is 28.0. The van der Waals surface area contributed by atoms with Crippen molar-refractivity contribution in [3.8, 4) is 11.1 Å². The standard InChI is InChI=1S/C28H27ClF3N5O3/c1-2-40-28(38)26(25-22-11-17(30)13-36(22)15-33-25)37-14-20-21(29)12-19(23(27(31)32)24(20)34-37)16-3-5-18(6-4-16)35-7-9-39-10-8-35/h3-6,12,14-15,17,26-27H,2,7-11,13H2,1H3/t17-,26-/m1/s1. The molecule has 0 bridgehead atoms. The smallest absolute Gasteiger partial charge is 0.337 e. The van der Waals surface area contributed by atoms with E-state index >= 15 is 0 Å². The van der Waals surface area contributed by atoms with Gasteiger partial charge in [-0.2, -0.15) is 5.10 Å². The Labute approximate surface area is 233 Å². The molecule has 0 saturated carbocycles. The van der Waals surface area contributed by atoms with Crippen LogP contribution in [-0.2, 0) is 27.2 Å². The van der Waals surface area contributed by atoms with E-state index in [0.29, 0.717) is 24.5 Å². The summed E-state index contributed by atoms with van der Waals surface area (Å²) in [7, 11) is 0. The molecule has 12 heteroatoms. The van der Waals surface area contributed by atoms with Crippen molar-refractivity contribution in [3.05, 3.63) is 64.8 Å². The Bertz CT molecular complexity index is 1550. The van der Waals surface area contributed by atoms with E-state index in [4.69, 9.17) is 21.1 Å². The molecule has 2 aromatic heterocycles. The number of carbonyl (C=O) groups is 1. The van der Waals surface area contributed by atoms with Crippen LogP contribution in [0.2, 0.25) is 5.02 Å². The highest BCUT2D eigenvalue weighted by molar-refractivity contribution is 6.36. The van der Waals surface area contributed by atoms with Gasteiger partial charge in [0.2, 0.25) is 0 Å². The van der Waals surface area contributed by atoms with E-state index in [1.54, 1.807) is 23.6 Å². The van der Waals surface area contributed by atoms with Crippen LogP contribution in [0.15, 0.2) is 42.9 Å². The number of anilines is 1. The second-order valence-electron chi connectivity index (χ2n) is 9.82. The van der Waals surface area contributed by atoms with Gasteiger partial charge in [-0.15, -0.1) is 0 Å². The van der Waals surface area contributed by atoms with Crippen LogP contribution in [0.1, 0.15) is 36.3 Å². The second-order valence-corrected chi connectivity index (χ2v) is 10.2. The topological polar surface area (TPSA) is 74.4 Å². The molecule has 2 atom stereocenters. The maximum atomic E-state index is 14.7. The van der Waals surface area contributed by atoms with Gasteiger partial charge >= 0.3 is 5.97 Å². The SMILES string of the molecule is CCOC(=O)[C@@H](c1ncn2c1C[C@@H](F)C2)n1cc2c(Cl)cc(-c3ccc(N4CCOCC4)cc3)c(C(F)F)c2n1. The molecule has 4 heterocycles. The molecule has 0 N–H and O–H groups in total. The number of alkyl halides is 3. The van der Waals surface area contributed by atoms with Gasteiger partial charge in [-0.3, -0.25) is 4.68 Å². The Kier molecular flexibility index (Phi) is 7.18. The van der Waals surface area contributed by atoms with Crippen molar-refractivity contribution in [3.63, 3.8) is 0 Å². The molecular formula is C28H27ClF3N5O3. The van der Waals surface area contributed by atoms with Gasteiger partial charge in [0, 0.05) is 42.5 Å². The van der Waals surface area contributed by atoms with E-state index in [2.05, 4.69) is 15.0 Å². The minimum absolute atomic E-state index is 0.0247. The summed E-state index contributed by atoms with van der Waals surface area (Å²) in [5.74, 6) is -0.673. The Morgan fingerprint density at radius 1 is 1.23 bits per heavy atom. The quantitative estimate of drug-likeness (QED) is 0.277. The van der Waals surface area contributed by atoms with Crippen LogP contribution in [0.3, 0.4) is 0 Å². The van der Waals surface area contributed by atoms with Gasteiger partial charge in [0.15, 0.2) is 6.04 Å². The fraction of sp³-hybridized carbons (Fsp3) is 0.393. The predicted molar refractivity (Wildman–Crippen MR) is 144 cm³/mol. The van der Waals surface area contributed by atoms with E-state index in [1.165, 1.54) is 23.3 Å². The van der Waals surface area contributed by atoms with Crippen molar-refractivity contribution < 1.29 is 27.4 Å². The highest BCUT2D eigenvalue weighted by Crippen LogP contribution is 2.41. The number of imidazole rings is 1. The van der Waals surface area contributed by atoms with Crippen molar-refractivity contribution in [1.82, 2.24) is 19.3 Å². The number of aromatic nitrogens is 4. The van der Waals surface area contributed by atoms with Crippen molar-refractivity contribution in [1.29, 1.82) is 0 Å². The third-order valence-electron chi connectivity index (χ3n) is 7.40. The predicted octanol–water partition coefficient (Wildman–Crippen LogP) is 5.37. The molecular weight excluding hydrogens is 547 g/mol. The number of nitrogens with zero attached hydrogens (tertiary/aromatic N) is 5. The van der Waals surface area contributed by atoms with Crippen LogP contribution < -0.4 is 4.90 Å². The largest absolute Gasteiger partial charge is 0.464 e. The van der Waals surface area contributed by atoms with E-state index in [0.717, 1.165) is 18.8 Å². The van der Waals surface area contributed by atoms with Crippen molar-refractivity contribution in [2.45, 2.75) is 38.5 Å². The minimum atomic E-state index is -2.87. The number of benzene rings is 2. The van der Waals surface area contributed by atoms with Crippen LogP contribution in [0.5, 0.6) is 0 Å². The van der Waals surface area contributed by atoms with Gasteiger partial charge in [0.25, 0.3) is 6.43 Å². The lowest BCUT2D eigenvalue weighted by molar-refractivity contribution is -0.146. The molecule has 210 valence electrons. The first-order chi connectivity index (χ1) is 19.4. The van der Waals surface area contributed by atoms with Crippen LogP contribution in [0.25, 0.3) is 22.0 Å². The number of hydrogen-bond acceptors (Lipinski definition) is 6. The van der Waals surface area contributed by atoms with E-state index in [1.807, 2.05) is 12.1 Å². The highest BCUT2D eigenvalue weighted by Gasteiger charge is 2.35. The molecule has 0 spiro atoms. The number of hydrogen-bond donors (Lipinski definition) is 0. The van der Waals surface area contributed by atoms with Gasteiger partial charge in [-0.05, 0) is 36.2 Å². The molecule has 2 aliphatic rings. The summed E-state index contributed by atoms with van der Waals surface area (Å²) in [4.78, 5) is 19.7. The fourth-order valence-electron chi connectivity index (χ4n) is 5.53. The zero-order valence-corrected chi connectivity index (χ0v) is 22.5. The van der Waals surface area contributed by atoms with Crippen LogP contribution in [-0.4, -0.2) is 64.4 Å². The number of esters is 1. The highest BCUT2D eigenvalue weighted by atomic mass is 35.5. The van der Waals surface area contributed by atoms with Crippen molar-refractivity contribution in [2.24, 2.45) is 0 Å². The number of halogens is 4. The Hall–Kier alpha value is -3.57. The number of rotatable bonds is 7. The fourth-order valence-corrected chi connectivity index (χ4v) is 5.77. The third-order valence-corrected chi connectivity index (χ3v) is 7.71. The maximum Gasteiger partial charge on any atom is 0.337 e. The van der Waals surface area contributed by atoms with E-state index in [-0.39, 0.29) is 52.3 Å². The number of ether oxygens (including phenoxy) is 2. The van der Waals surface area contributed by atoms with Gasteiger partial charge in [-0.1, -0.05) is 23.7 Å². The normalized spacial score (nSPS) is 17.9. The molecule has 2 aromatic carbocycles. The molecule has 0 unspecified atom stereocenters. The van der Waals surface area contributed by atoms with Crippen LogP contribution in [0, 0.1) is 0 Å². The van der Waals surface area contributed by atoms with Crippen LogP contribution >= 0.6 is 11.6 Å². The lowest BCUT2D eigenvalue weighted by Crippen LogP contribution is -2.36. The molecule has 40 heavy (non-hydrogen) atoms. The minimum Gasteiger partial charge on any atom is -0.464 e. The van der Waals surface area contributed by atoms with E-state index in [9.17, 15) is 18.0 Å². The Balaban J connectivity index is 1.45. The summed E-state index contributed by atoms with van der Waals surface area (Å²) in [5, 5.41) is 4.93. The lowest BCUT2D eigenvalue weighted by atomic mass is 9.97. The number of fused-ring (bicyclic) bond motifs is 2. The number of carbonyl (C=O) groups excluding carboxylic acids is 1. The first kappa shape index (κ1) is 26.6. The monoisotopic (exact) mass is 573 g/mol. The molecule has 2 aliphatic heterocycles. The third kappa shape index (κ3) is 4.71. The average molecular weight is 574 g/mol. The Morgan fingerprint density at radius 3 is 2.67 bits per heavy atom. The molecule has 8 nitrogen and oxygen atoms in total. The first-order valence-electron chi connectivity index (χ1n) is 13.1. The summed E-state index contributed by atoms with van der Waals surface area (Å²) >= 11 is 6.63. The van der Waals surface area contributed by atoms with Gasteiger partial charge in [0.1, 0.15) is 11.7 Å². The van der Waals surface area contributed by atoms with E-state index < -0.39 is 24.6 Å². The van der Waals surface area contributed by atoms with Gasteiger partial charge in [0.05, 0.1) is 49.0 Å². The average Bonchev–Trinajstić information content (AvgIpc) is 3.65. The van der Waals surface area contributed by atoms with Crippen molar-refractivity contribution >= 4 is 34.2 Å². The summed E-state index contributed by atoms with van der Waals surface area (Å²) in [6.45, 7) is 4.66. The number of morpholine rings is 1. The zero-order valence-electron chi connectivity index (χ0n) is 21.7. The Morgan fingerprint density at radius 2 is 1.98 bits per heavy atom. The summed E-state index contributed by atoms with van der Waals surface area (Å²) in [6.07, 6.45) is -0.977. The molecule has 4 aromatic rings. The molecule has 0 amide bonds. The van der Waals surface area contributed by atoms with Crippen LogP contribution in [0.4, 0.5) is 18.9 Å². The summed E-state index contributed by atoms with van der Waals surface area (Å²) < 4.78 is 57.1. The summed E-state index contributed by atoms with van der Waals surface area (Å²) in [6, 6.07) is 7.67.